The van der Waals surface area contributed by atoms with Crippen LogP contribution in [0.4, 0.5) is 26.3 Å². The lowest BCUT2D eigenvalue weighted by Gasteiger charge is -2.40. The number of carbonyl (C=O) groups is 1. The summed E-state index contributed by atoms with van der Waals surface area (Å²) in [6.45, 7) is 5.98. The van der Waals surface area contributed by atoms with E-state index in [-0.39, 0.29) is 11.2 Å². The fourth-order valence-electron chi connectivity index (χ4n) is 4.96. The second-order valence-electron chi connectivity index (χ2n) is 11.9. The molecule has 6 nitrogen and oxygen atoms in total. The van der Waals surface area contributed by atoms with Gasteiger partial charge in [-0.25, -0.2) is 9.18 Å². The SMILES string of the molecule is CCC1(COCCCCCCCCOc2ccc(C(=O)Oc3ccc(-c4ccc(OC(F)(F)C(F)C(F)(F)F)cc4)cc3)cc2)COC1. The van der Waals surface area contributed by atoms with Crippen molar-refractivity contribution < 1.29 is 54.8 Å². The van der Waals surface area contributed by atoms with Gasteiger partial charge in [0.15, 0.2) is 0 Å². The molecule has 1 aliphatic rings. The second-order valence-corrected chi connectivity index (χ2v) is 11.9. The molecule has 0 aromatic heterocycles. The van der Waals surface area contributed by atoms with Gasteiger partial charge in [0.1, 0.15) is 17.2 Å². The highest BCUT2D eigenvalue weighted by molar-refractivity contribution is 5.91. The smallest absolute Gasteiger partial charge is 0.439 e. The van der Waals surface area contributed by atoms with E-state index in [1.54, 1.807) is 36.4 Å². The fourth-order valence-corrected chi connectivity index (χ4v) is 4.96. The van der Waals surface area contributed by atoms with Crippen LogP contribution in [0.25, 0.3) is 11.1 Å². The summed E-state index contributed by atoms with van der Waals surface area (Å²) in [7, 11) is 0. The molecule has 1 saturated heterocycles. The van der Waals surface area contributed by atoms with Crippen LogP contribution in [-0.2, 0) is 9.47 Å². The largest absolute Gasteiger partial charge is 0.494 e. The van der Waals surface area contributed by atoms with E-state index >= 15 is 0 Å². The molecule has 0 aliphatic carbocycles. The fraction of sp³-hybridized carbons (Fsp3) is 0.472. The molecule has 0 radical (unpaired) electrons. The maximum atomic E-state index is 13.5. The van der Waals surface area contributed by atoms with E-state index in [4.69, 9.17) is 18.9 Å². The lowest BCUT2D eigenvalue weighted by molar-refractivity contribution is -0.304. The van der Waals surface area contributed by atoms with Crippen molar-refractivity contribution in [2.75, 3.05) is 33.0 Å². The zero-order chi connectivity index (χ0) is 34.6. The first-order valence-corrected chi connectivity index (χ1v) is 16.0. The highest BCUT2D eigenvalue weighted by Gasteiger charge is 2.59. The van der Waals surface area contributed by atoms with Crippen LogP contribution >= 0.6 is 0 Å². The Bertz CT molecular complexity index is 1400. The Morgan fingerprint density at radius 1 is 0.750 bits per heavy atom. The van der Waals surface area contributed by atoms with Crippen molar-refractivity contribution in [1.82, 2.24) is 0 Å². The highest BCUT2D eigenvalue weighted by atomic mass is 19.4. The molecule has 0 spiro atoms. The van der Waals surface area contributed by atoms with Crippen LogP contribution in [0.15, 0.2) is 72.8 Å². The third-order valence-corrected chi connectivity index (χ3v) is 8.11. The molecule has 1 fully saturated rings. The van der Waals surface area contributed by atoms with Crippen molar-refractivity contribution in [3.63, 3.8) is 0 Å². The molecule has 4 rings (SSSR count). The molecular weight excluding hydrogens is 642 g/mol. The van der Waals surface area contributed by atoms with E-state index in [0.29, 0.717) is 29.0 Å². The first kappa shape index (κ1) is 37.1. The van der Waals surface area contributed by atoms with Gasteiger partial charge in [0.2, 0.25) is 0 Å². The molecule has 0 saturated carbocycles. The van der Waals surface area contributed by atoms with Crippen molar-refractivity contribution in [2.45, 2.75) is 70.3 Å². The normalized spacial score (nSPS) is 15.0. The molecule has 1 unspecified atom stereocenters. The van der Waals surface area contributed by atoms with Crippen LogP contribution in [0, 0.1) is 5.41 Å². The first-order valence-electron chi connectivity index (χ1n) is 16.0. The third-order valence-electron chi connectivity index (χ3n) is 8.11. The number of esters is 1. The summed E-state index contributed by atoms with van der Waals surface area (Å²) in [5, 5.41) is 0. The molecule has 3 aromatic rings. The topological polar surface area (TPSA) is 63.2 Å². The minimum Gasteiger partial charge on any atom is -0.494 e. The van der Waals surface area contributed by atoms with Crippen molar-refractivity contribution in [3.05, 3.63) is 78.4 Å². The van der Waals surface area contributed by atoms with Crippen LogP contribution in [0.2, 0.25) is 0 Å². The number of ether oxygens (including phenoxy) is 5. The first-order chi connectivity index (χ1) is 22.9. The Kier molecular flexibility index (Phi) is 13.2. The molecule has 262 valence electrons. The Balaban J connectivity index is 1.11. The number of unbranched alkanes of at least 4 members (excludes halogenated alkanes) is 5. The predicted molar refractivity (Wildman–Crippen MR) is 167 cm³/mol. The van der Waals surface area contributed by atoms with Crippen molar-refractivity contribution >= 4 is 5.97 Å². The summed E-state index contributed by atoms with van der Waals surface area (Å²) in [6, 6.07) is 17.6. The van der Waals surface area contributed by atoms with E-state index < -0.39 is 30.2 Å². The lowest BCUT2D eigenvalue weighted by Crippen LogP contribution is -2.45. The summed E-state index contributed by atoms with van der Waals surface area (Å²) >= 11 is 0. The summed E-state index contributed by atoms with van der Waals surface area (Å²) < 4.78 is 103. The molecular formula is C36H40F6O6. The Hall–Kier alpha value is -3.77. The summed E-state index contributed by atoms with van der Waals surface area (Å²) in [4.78, 5) is 12.6. The zero-order valence-corrected chi connectivity index (χ0v) is 26.7. The Labute approximate surface area is 276 Å². The van der Waals surface area contributed by atoms with E-state index in [1.807, 2.05) is 0 Å². The van der Waals surface area contributed by atoms with E-state index in [9.17, 15) is 31.1 Å². The van der Waals surface area contributed by atoms with Gasteiger partial charge in [0, 0.05) is 12.0 Å². The minimum atomic E-state index is -5.77. The number of benzene rings is 3. The van der Waals surface area contributed by atoms with Gasteiger partial charge in [-0.1, -0.05) is 56.9 Å². The predicted octanol–water partition coefficient (Wildman–Crippen LogP) is 9.61. The van der Waals surface area contributed by atoms with Gasteiger partial charge in [0.05, 0.1) is 32.0 Å². The number of hydrogen-bond acceptors (Lipinski definition) is 6. The number of carbonyl (C=O) groups excluding carboxylic acids is 1. The maximum Gasteiger partial charge on any atom is 0.439 e. The van der Waals surface area contributed by atoms with Gasteiger partial charge in [-0.05, 0) is 78.9 Å². The molecule has 0 N–H and O–H groups in total. The Morgan fingerprint density at radius 2 is 1.27 bits per heavy atom. The molecule has 1 aliphatic heterocycles. The number of halogens is 6. The van der Waals surface area contributed by atoms with E-state index in [0.717, 1.165) is 83.5 Å². The molecule has 48 heavy (non-hydrogen) atoms. The van der Waals surface area contributed by atoms with Gasteiger partial charge >= 0.3 is 18.3 Å². The molecule has 0 amide bonds. The standard InChI is InChI=1S/C36H40F6O6/c1-2-34(24-45-25-34)23-44-21-7-5-3-4-6-8-22-46-29-15-13-28(14-16-29)32(43)47-30-17-9-26(10-18-30)27-11-19-31(20-12-27)48-36(41,42)33(37)35(38,39)40/h9-20,33H,2-8,21-25H2,1H3. The van der Waals surface area contributed by atoms with Crippen molar-refractivity contribution in [2.24, 2.45) is 5.41 Å². The summed E-state index contributed by atoms with van der Waals surface area (Å²) in [6.07, 6.45) is -7.70. The van der Waals surface area contributed by atoms with Crippen LogP contribution in [0.5, 0.6) is 17.2 Å². The van der Waals surface area contributed by atoms with Gasteiger partial charge < -0.3 is 23.7 Å². The van der Waals surface area contributed by atoms with Crippen LogP contribution in [-0.4, -0.2) is 57.5 Å². The van der Waals surface area contributed by atoms with Crippen LogP contribution in [0.1, 0.15) is 62.2 Å². The molecule has 1 heterocycles. The van der Waals surface area contributed by atoms with Gasteiger partial charge in [-0.15, -0.1) is 0 Å². The quantitative estimate of drug-likeness (QED) is 0.0543. The second kappa shape index (κ2) is 17.1. The Morgan fingerprint density at radius 3 is 1.79 bits per heavy atom. The minimum absolute atomic E-state index is 0.244. The lowest BCUT2D eigenvalue weighted by atomic mass is 9.84. The van der Waals surface area contributed by atoms with Gasteiger partial charge in [-0.3, -0.25) is 0 Å². The van der Waals surface area contributed by atoms with Crippen LogP contribution in [0.3, 0.4) is 0 Å². The van der Waals surface area contributed by atoms with E-state index in [2.05, 4.69) is 11.7 Å². The monoisotopic (exact) mass is 682 g/mol. The number of hydrogen-bond donors (Lipinski definition) is 0. The van der Waals surface area contributed by atoms with Crippen molar-refractivity contribution in [3.8, 4) is 28.4 Å². The molecule has 1 atom stereocenters. The van der Waals surface area contributed by atoms with E-state index in [1.165, 1.54) is 24.3 Å². The third kappa shape index (κ3) is 10.9. The summed E-state index contributed by atoms with van der Waals surface area (Å²) in [5.41, 5.74) is 1.68. The average molecular weight is 683 g/mol. The van der Waals surface area contributed by atoms with Crippen LogP contribution < -0.4 is 14.2 Å². The zero-order valence-electron chi connectivity index (χ0n) is 26.7. The molecule has 12 heteroatoms. The van der Waals surface area contributed by atoms with Gasteiger partial charge in [-0.2, -0.15) is 22.0 Å². The van der Waals surface area contributed by atoms with Gasteiger partial charge in [0.25, 0.3) is 6.17 Å². The average Bonchev–Trinajstić information content (AvgIpc) is 3.04. The molecule has 0 bridgehead atoms. The highest BCUT2D eigenvalue weighted by Crippen LogP contribution is 2.37. The maximum absolute atomic E-state index is 13.5. The molecule has 3 aromatic carbocycles. The summed E-state index contributed by atoms with van der Waals surface area (Å²) in [5.74, 6) is -0.304. The number of alkyl halides is 6. The number of rotatable bonds is 19. The van der Waals surface area contributed by atoms with Crippen molar-refractivity contribution in [1.29, 1.82) is 0 Å².